The molecule has 0 aliphatic heterocycles. The lowest BCUT2D eigenvalue weighted by molar-refractivity contribution is 0.248. The van der Waals surface area contributed by atoms with E-state index in [1.807, 2.05) is 0 Å². The largest absolute Gasteiger partial charge is 0.384 e. The number of pyridine rings is 1. The van der Waals surface area contributed by atoms with Crippen LogP contribution in [0.2, 0.25) is 0 Å². The van der Waals surface area contributed by atoms with E-state index in [9.17, 15) is 4.79 Å². The summed E-state index contributed by atoms with van der Waals surface area (Å²) in [6, 6.07) is 3.45. The molecule has 3 N–H and O–H groups in total. The molecule has 19 heavy (non-hydrogen) atoms. The van der Waals surface area contributed by atoms with Crippen LogP contribution in [0.3, 0.4) is 0 Å². The minimum absolute atomic E-state index is 0.187. The molecule has 0 spiro atoms. The first kappa shape index (κ1) is 13.4. The monoisotopic (exact) mass is 259 g/mol. The molecule has 1 aliphatic rings. The Labute approximate surface area is 112 Å². The van der Waals surface area contributed by atoms with Crippen LogP contribution in [0, 0.1) is 11.8 Å². The molecule has 2 rings (SSSR count). The summed E-state index contributed by atoms with van der Waals surface area (Å²) in [5.74, 6) is 5.78. The second-order valence-corrected chi connectivity index (χ2v) is 4.47. The van der Waals surface area contributed by atoms with Gasteiger partial charge in [0.25, 0.3) is 0 Å². The number of nitrogens with zero attached hydrogens (tertiary/aromatic N) is 1. The number of rotatable bonds is 2. The van der Waals surface area contributed by atoms with Crippen LogP contribution in [0.1, 0.15) is 31.2 Å². The first-order chi connectivity index (χ1) is 9.28. The van der Waals surface area contributed by atoms with Crippen molar-refractivity contribution in [3.8, 4) is 11.8 Å². The fourth-order valence-electron chi connectivity index (χ4n) is 2.13. The molecule has 1 heterocycles. The van der Waals surface area contributed by atoms with Crippen LogP contribution < -0.4 is 10.6 Å². The van der Waals surface area contributed by atoms with Gasteiger partial charge in [-0.25, -0.2) is 9.78 Å². The van der Waals surface area contributed by atoms with Crippen LogP contribution in [0.5, 0.6) is 0 Å². The molecule has 5 heteroatoms. The van der Waals surface area contributed by atoms with Gasteiger partial charge in [0.1, 0.15) is 12.4 Å². The first-order valence-electron chi connectivity index (χ1n) is 6.41. The van der Waals surface area contributed by atoms with Crippen molar-refractivity contribution < 1.29 is 9.90 Å². The maximum absolute atomic E-state index is 11.8. The molecule has 1 aromatic heterocycles. The smallest absolute Gasteiger partial charge is 0.320 e. The van der Waals surface area contributed by atoms with E-state index < -0.39 is 0 Å². The number of aromatic nitrogens is 1. The molecule has 1 aliphatic carbocycles. The average molecular weight is 259 g/mol. The van der Waals surface area contributed by atoms with Crippen molar-refractivity contribution in [2.24, 2.45) is 0 Å². The minimum atomic E-state index is -0.230. The molecule has 0 atom stereocenters. The highest BCUT2D eigenvalue weighted by molar-refractivity contribution is 5.88. The summed E-state index contributed by atoms with van der Waals surface area (Å²) in [5.41, 5.74) is 0.709. The van der Waals surface area contributed by atoms with Gasteiger partial charge in [-0.3, -0.25) is 5.32 Å². The average Bonchev–Trinajstić information content (AvgIpc) is 2.89. The van der Waals surface area contributed by atoms with Crippen molar-refractivity contribution >= 4 is 11.8 Å². The van der Waals surface area contributed by atoms with Crippen molar-refractivity contribution in [3.05, 3.63) is 23.9 Å². The topological polar surface area (TPSA) is 74.2 Å². The first-order valence-corrected chi connectivity index (χ1v) is 6.41. The van der Waals surface area contributed by atoms with Gasteiger partial charge in [0, 0.05) is 17.8 Å². The zero-order valence-electron chi connectivity index (χ0n) is 10.6. The lowest BCUT2D eigenvalue weighted by Gasteiger charge is -2.12. The van der Waals surface area contributed by atoms with E-state index in [0.717, 1.165) is 12.8 Å². The Morgan fingerprint density at radius 3 is 3.00 bits per heavy atom. The van der Waals surface area contributed by atoms with Gasteiger partial charge in [-0.2, -0.15) is 0 Å². The van der Waals surface area contributed by atoms with Gasteiger partial charge < -0.3 is 10.4 Å². The number of amides is 2. The summed E-state index contributed by atoms with van der Waals surface area (Å²) in [7, 11) is 0. The van der Waals surface area contributed by atoms with Crippen LogP contribution in [-0.4, -0.2) is 28.8 Å². The molecular formula is C14H17N3O2. The molecule has 0 radical (unpaired) electrons. The Balaban J connectivity index is 1.92. The Bertz CT molecular complexity index is 499. The summed E-state index contributed by atoms with van der Waals surface area (Å²) >= 11 is 0. The Hall–Kier alpha value is -2.06. The standard InChI is InChI=1S/C14H17N3O2/c18-9-3-4-11-7-8-15-13(10-11)17-14(19)16-12-5-1-2-6-12/h7-8,10,12,18H,1-2,5-6,9H2,(H2,15,16,17,19). The van der Waals surface area contributed by atoms with Crippen molar-refractivity contribution in [3.63, 3.8) is 0 Å². The van der Waals surface area contributed by atoms with Gasteiger partial charge in [-0.05, 0) is 25.0 Å². The molecule has 0 unspecified atom stereocenters. The van der Waals surface area contributed by atoms with E-state index in [2.05, 4.69) is 27.5 Å². The normalized spacial score (nSPS) is 14.6. The molecule has 1 fully saturated rings. The van der Waals surface area contributed by atoms with Gasteiger partial charge in [-0.1, -0.05) is 24.7 Å². The van der Waals surface area contributed by atoms with E-state index in [1.165, 1.54) is 12.8 Å². The molecule has 0 bridgehead atoms. The Kier molecular flexibility index (Phi) is 4.76. The summed E-state index contributed by atoms with van der Waals surface area (Å²) in [4.78, 5) is 15.8. The lowest BCUT2D eigenvalue weighted by atomic mass is 10.2. The third-order valence-electron chi connectivity index (χ3n) is 3.00. The van der Waals surface area contributed by atoms with E-state index in [4.69, 9.17) is 5.11 Å². The highest BCUT2D eigenvalue weighted by atomic mass is 16.2. The van der Waals surface area contributed by atoms with Crippen LogP contribution >= 0.6 is 0 Å². The molecule has 1 aromatic rings. The van der Waals surface area contributed by atoms with E-state index in [1.54, 1.807) is 18.3 Å². The number of carbonyl (C=O) groups is 1. The number of hydrogen-bond donors (Lipinski definition) is 3. The van der Waals surface area contributed by atoms with Crippen LogP contribution in [0.15, 0.2) is 18.3 Å². The fourth-order valence-corrected chi connectivity index (χ4v) is 2.13. The molecule has 2 amide bonds. The summed E-state index contributed by atoms with van der Waals surface area (Å²) in [6.07, 6.45) is 6.02. The molecule has 0 aromatic carbocycles. The van der Waals surface area contributed by atoms with Crippen LogP contribution in [0.25, 0.3) is 0 Å². The van der Waals surface area contributed by atoms with Gasteiger partial charge in [-0.15, -0.1) is 0 Å². The van der Waals surface area contributed by atoms with Crippen molar-refractivity contribution in [1.82, 2.24) is 10.3 Å². The van der Waals surface area contributed by atoms with Crippen molar-refractivity contribution in [2.45, 2.75) is 31.7 Å². The number of anilines is 1. The second-order valence-electron chi connectivity index (χ2n) is 4.47. The fraction of sp³-hybridized carbons (Fsp3) is 0.429. The second kappa shape index (κ2) is 6.76. The number of aliphatic hydroxyl groups excluding tert-OH is 1. The molecule has 5 nitrogen and oxygen atoms in total. The number of urea groups is 1. The predicted molar refractivity (Wildman–Crippen MR) is 72.6 cm³/mol. The maximum atomic E-state index is 11.8. The highest BCUT2D eigenvalue weighted by Gasteiger charge is 2.17. The van der Waals surface area contributed by atoms with E-state index >= 15 is 0 Å². The highest BCUT2D eigenvalue weighted by Crippen LogP contribution is 2.17. The van der Waals surface area contributed by atoms with E-state index in [0.29, 0.717) is 11.4 Å². The van der Waals surface area contributed by atoms with Gasteiger partial charge in [0.2, 0.25) is 0 Å². The third kappa shape index (κ3) is 4.27. The predicted octanol–water partition coefficient (Wildman–Crippen LogP) is 1.49. The third-order valence-corrected chi connectivity index (χ3v) is 3.00. The maximum Gasteiger partial charge on any atom is 0.320 e. The molecule has 100 valence electrons. The molecule has 0 saturated heterocycles. The Morgan fingerprint density at radius 1 is 1.47 bits per heavy atom. The number of carbonyl (C=O) groups excluding carboxylic acids is 1. The summed E-state index contributed by atoms with van der Waals surface area (Å²) in [5, 5.41) is 14.3. The van der Waals surface area contributed by atoms with Crippen LogP contribution in [-0.2, 0) is 0 Å². The number of hydrogen-bond acceptors (Lipinski definition) is 3. The number of nitrogens with one attached hydrogen (secondary N) is 2. The van der Waals surface area contributed by atoms with Crippen molar-refractivity contribution in [1.29, 1.82) is 0 Å². The zero-order valence-corrected chi connectivity index (χ0v) is 10.6. The van der Waals surface area contributed by atoms with Crippen molar-refractivity contribution in [2.75, 3.05) is 11.9 Å². The minimum Gasteiger partial charge on any atom is -0.384 e. The van der Waals surface area contributed by atoms with E-state index in [-0.39, 0.29) is 18.7 Å². The van der Waals surface area contributed by atoms with Gasteiger partial charge in [0.15, 0.2) is 0 Å². The SMILES string of the molecule is O=C(Nc1cc(C#CCO)ccn1)NC1CCCC1. The van der Waals surface area contributed by atoms with Gasteiger partial charge >= 0.3 is 6.03 Å². The van der Waals surface area contributed by atoms with Gasteiger partial charge in [0.05, 0.1) is 0 Å². The number of aliphatic hydroxyl groups is 1. The quantitative estimate of drug-likeness (QED) is 0.704. The summed E-state index contributed by atoms with van der Waals surface area (Å²) < 4.78 is 0. The lowest BCUT2D eigenvalue weighted by Crippen LogP contribution is -2.36. The Morgan fingerprint density at radius 2 is 2.26 bits per heavy atom. The molecule has 1 saturated carbocycles. The molecular weight excluding hydrogens is 242 g/mol. The zero-order chi connectivity index (χ0) is 13.5. The summed E-state index contributed by atoms with van der Waals surface area (Å²) in [6.45, 7) is -0.187. The van der Waals surface area contributed by atoms with Crippen LogP contribution in [0.4, 0.5) is 10.6 Å².